The number of primary amides is 1. The maximum Gasteiger partial charge on any atom is 0.263 e. The number of aliphatic hydroxyl groups excluding tert-OH is 2. The Bertz CT molecular complexity index is 1120. The van der Waals surface area contributed by atoms with Gasteiger partial charge in [-0.2, -0.15) is 0 Å². The van der Waals surface area contributed by atoms with Gasteiger partial charge in [-0.3, -0.25) is 14.5 Å². The predicted molar refractivity (Wildman–Crippen MR) is 121 cm³/mol. The van der Waals surface area contributed by atoms with Crippen LogP contribution in [0.3, 0.4) is 0 Å². The number of aromatic amines is 1. The third-order valence-electron chi connectivity index (χ3n) is 6.03. The molecule has 9 heteroatoms. The molecular formula is C23H27N5O4. The Labute approximate surface area is 185 Å². The number of H-pyrrole nitrogens is 1. The minimum absolute atomic E-state index is 0.232. The molecule has 0 bridgehead atoms. The molecule has 0 spiro atoms. The highest BCUT2D eigenvalue weighted by atomic mass is 16.3. The van der Waals surface area contributed by atoms with Crippen molar-refractivity contribution in [2.24, 2.45) is 5.73 Å². The van der Waals surface area contributed by atoms with E-state index in [1.165, 1.54) is 29.7 Å². The first-order chi connectivity index (χ1) is 15.3. The fourth-order valence-corrected chi connectivity index (χ4v) is 4.31. The van der Waals surface area contributed by atoms with Gasteiger partial charge in [-0.15, -0.1) is 0 Å². The molecule has 1 heterocycles. The highest BCUT2D eigenvalue weighted by molar-refractivity contribution is 6.06. The maximum absolute atomic E-state index is 13.2. The van der Waals surface area contributed by atoms with Gasteiger partial charge in [-0.25, -0.2) is 4.98 Å². The molecule has 32 heavy (non-hydrogen) atoms. The number of carbonyl (C=O) groups excluding carboxylic acids is 2. The van der Waals surface area contributed by atoms with E-state index in [0.29, 0.717) is 28.3 Å². The highest BCUT2D eigenvalue weighted by Crippen LogP contribution is 2.35. The minimum Gasteiger partial charge on any atom is -0.380 e. The minimum atomic E-state index is -2.03. The Kier molecular flexibility index (Phi) is 6.11. The molecule has 0 unspecified atom stereocenters. The molecule has 0 radical (unpaired) electrons. The summed E-state index contributed by atoms with van der Waals surface area (Å²) in [6.45, 7) is 0. The van der Waals surface area contributed by atoms with Gasteiger partial charge in [-0.05, 0) is 54.7 Å². The van der Waals surface area contributed by atoms with Crippen molar-refractivity contribution in [3.05, 3.63) is 48.0 Å². The zero-order chi connectivity index (χ0) is 22.8. The lowest BCUT2D eigenvalue weighted by Gasteiger charge is -2.27. The summed E-state index contributed by atoms with van der Waals surface area (Å²) in [6, 6.07) is 12.6. The van der Waals surface area contributed by atoms with Crippen LogP contribution >= 0.6 is 0 Å². The first-order valence-corrected chi connectivity index (χ1v) is 10.7. The molecule has 1 aromatic heterocycles. The van der Waals surface area contributed by atoms with Gasteiger partial charge in [0.05, 0.1) is 16.7 Å². The lowest BCUT2D eigenvalue weighted by molar-refractivity contribution is -0.142. The molecule has 1 aliphatic carbocycles. The fraction of sp³-hybridized carbons (Fsp3) is 0.348. The van der Waals surface area contributed by atoms with Gasteiger partial charge < -0.3 is 26.7 Å². The van der Waals surface area contributed by atoms with Gasteiger partial charge in [0.1, 0.15) is 0 Å². The monoisotopic (exact) mass is 437 g/mol. The summed E-state index contributed by atoms with van der Waals surface area (Å²) in [7, 11) is 0. The molecule has 3 aromatic rings. The van der Waals surface area contributed by atoms with Crippen molar-refractivity contribution in [1.82, 2.24) is 9.97 Å². The van der Waals surface area contributed by atoms with Gasteiger partial charge >= 0.3 is 0 Å². The molecule has 2 aromatic carbocycles. The van der Waals surface area contributed by atoms with E-state index in [4.69, 9.17) is 11.5 Å². The summed E-state index contributed by atoms with van der Waals surface area (Å²) in [5.74, 6) is -1.34. The molecule has 9 nitrogen and oxygen atoms in total. The molecule has 0 saturated heterocycles. The first kappa shape index (κ1) is 21.8. The summed E-state index contributed by atoms with van der Waals surface area (Å²) in [5, 5.41) is 20.2. The number of carbonyl (C=O) groups is 2. The number of amides is 2. The fourth-order valence-electron chi connectivity index (χ4n) is 4.31. The van der Waals surface area contributed by atoms with E-state index in [1.807, 2.05) is 12.1 Å². The van der Waals surface area contributed by atoms with E-state index in [-0.39, 0.29) is 5.95 Å². The Hall–Kier alpha value is -3.43. The number of nitrogen functional groups attached to an aromatic ring is 1. The van der Waals surface area contributed by atoms with E-state index in [0.717, 1.165) is 12.8 Å². The number of anilines is 3. The second kappa shape index (κ2) is 8.97. The Morgan fingerprint density at radius 3 is 2.31 bits per heavy atom. The standard InChI is InChI=1S/C23H27N5O4/c24-21(31)19(29)20(30)22(32)28(16-10-11-17-18(12-16)27-23(25)26-17)15-8-6-14(7-9-15)13-4-2-1-3-5-13/h6-13,19-20,29-30H,1-5H2,(H2,24,31)(H3,25,26,27)/t19-,20-/m1/s1. The van der Waals surface area contributed by atoms with Crippen molar-refractivity contribution in [3.63, 3.8) is 0 Å². The van der Waals surface area contributed by atoms with Crippen LogP contribution in [0.5, 0.6) is 0 Å². The number of imidazole rings is 1. The predicted octanol–water partition coefficient (Wildman–Crippen LogP) is 2.06. The molecule has 7 N–H and O–H groups in total. The molecule has 2 atom stereocenters. The number of nitrogens with two attached hydrogens (primary N) is 2. The van der Waals surface area contributed by atoms with Crippen molar-refractivity contribution in [3.8, 4) is 0 Å². The van der Waals surface area contributed by atoms with Crippen LogP contribution in [0.25, 0.3) is 11.0 Å². The van der Waals surface area contributed by atoms with Crippen LogP contribution in [0.15, 0.2) is 42.5 Å². The van der Waals surface area contributed by atoms with E-state index in [2.05, 4.69) is 9.97 Å². The number of benzene rings is 2. The van der Waals surface area contributed by atoms with Crippen LogP contribution in [0.1, 0.15) is 43.6 Å². The van der Waals surface area contributed by atoms with Crippen molar-refractivity contribution in [2.75, 3.05) is 10.6 Å². The zero-order valence-corrected chi connectivity index (χ0v) is 17.6. The largest absolute Gasteiger partial charge is 0.380 e. The van der Waals surface area contributed by atoms with Crippen LogP contribution in [0.4, 0.5) is 17.3 Å². The number of aliphatic hydroxyl groups is 2. The Morgan fingerprint density at radius 1 is 1.00 bits per heavy atom. The van der Waals surface area contributed by atoms with Gasteiger partial charge in [0, 0.05) is 5.69 Å². The Morgan fingerprint density at radius 2 is 1.66 bits per heavy atom. The van der Waals surface area contributed by atoms with Crippen molar-refractivity contribution in [1.29, 1.82) is 0 Å². The molecule has 1 aliphatic rings. The van der Waals surface area contributed by atoms with Gasteiger partial charge in [-0.1, -0.05) is 31.4 Å². The van der Waals surface area contributed by atoms with E-state index in [9.17, 15) is 19.8 Å². The average molecular weight is 438 g/mol. The van der Waals surface area contributed by atoms with Crippen molar-refractivity contribution in [2.45, 2.75) is 50.2 Å². The topological polar surface area (TPSA) is 159 Å². The lowest BCUT2D eigenvalue weighted by Crippen LogP contribution is -2.48. The van der Waals surface area contributed by atoms with Gasteiger partial charge in [0.25, 0.3) is 5.91 Å². The van der Waals surface area contributed by atoms with Crippen LogP contribution in [0.2, 0.25) is 0 Å². The van der Waals surface area contributed by atoms with Crippen molar-refractivity contribution < 1.29 is 19.8 Å². The van der Waals surface area contributed by atoms with Crippen LogP contribution in [0, 0.1) is 0 Å². The number of rotatable bonds is 6. The van der Waals surface area contributed by atoms with Gasteiger partial charge in [0.15, 0.2) is 18.2 Å². The zero-order valence-electron chi connectivity index (χ0n) is 17.6. The van der Waals surface area contributed by atoms with Gasteiger partial charge in [0.2, 0.25) is 5.91 Å². The SMILES string of the molecule is NC(=O)[C@H](O)[C@@H](O)C(=O)N(c1ccc(C2CCCCC2)cc1)c1ccc2nc(N)[nH]c2c1. The molecule has 1 fully saturated rings. The average Bonchev–Trinajstić information content (AvgIpc) is 3.18. The molecular weight excluding hydrogens is 410 g/mol. The summed E-state index contributed by atoms with van der Waals surface area (Å²) >= 11 is 0. The second-order valence-corrected chi connectivity index (χ2v) is 8.22. The van der Waals surface area contributed by atoms with Crippen molar-refractivity contribution >= 4 is 40.2 Å². The van der Waals surface area contributed by atoms with E-state index >= 15 is 0 Å². The summed E-state index contributed by atoms with van der Waals surface area (Å²) in [6.07, 6.45) is 1.92. The summed E-state index contributed by atoms with van der Waals surface area (Å²) in [5.41, 5.74) is 14.1. The van der Waals surface area contributed by atoms with Crippen LogP contribution in [-0.4, -0.2) is 44.2 Å². The Balaban J connectivity index is 1.72. The smallest absolute Gasteiger partial charge is 0.263 e. The second-order valence-electron chi connectivity index (χ2n) is 8.22. The molecule has 4 rings (SSSR count). The first-order valence-electron chi connectivity index (χ1n) is 10.7. The maximum atomic E-state index is 13.2. The quantitative estimate of drug-likeness (QED) is 0.397. The molecule has 2 amide bonds. The summed E-state index contributed by atoms with van der Waals surface area (Å²) in [4.78, 5) is 32.8. The van der Waals surface area contributed by atoms with Crippen LogP contribution in [-0.2, 0) is 9.59 Å². The lowest BCUT2D eigenvalue weighted by atomic mass is 9.84. The van der Waals surface area contributed by atoms with E-state index in [1.54, 1.807) is 30.3 Å². The number of aromatic nitrogens is 2. The highest BCUT2D eigenvalue weighted by Gasteiger charge is 2.34. The third-order valence-corrected chi connectivity index (χ3v) is 6.03. The van der Waals surface area contributed by atoms with E-state index < -0.39 is 24.0 Å². The number of fused-ring (bicyclic) bond motifs is 1. The number of hydrogen-bond acceptors (Lipinski definition) is 6. The van der Waals surface area contributed by atoms with Crippen LogP contribution < -0.4 is 16.4 Å². The molecule has 0 aliphatic heterocycles. The molecule has 168 valence electrons. The number of nitrogens with one attached hydrogen (secondary N) is 1. The number of hydrogen-bond donors (Lipinski definition) is 5. The number of nitrogens with zero attached hydrogens (tertiary/aromatic N) is 2. The molecule has 1 saturated carbocycles. The third kappa shape index (κ3) is 4.30. The summed E-state index contributed by atoms with van der Waals surface area (Å²) < 4.78 is 0. The normalized spacial score (nSPS) is 16.6.